The van der Waals surface area contributed by atoms with Crippen molar-refractivity contribution in [2.75, 3.05) is 22.0 Å². The first-order valence-corrected chi connectivity index (χ1v) is 10.8. The highest BCUT2D eigenvalue weighted by Gasteiger charge is 2.15. The third-order valence-corrected chi connectivity index (χ3v) is 6.17. The number of nitrogens with two attached hydrogens (primary N) is 1. The molecule has 0 atom stereocenters. The van der Waals surface area contributed by atoms with Crippen LogP contribution in [0.25, 0.3) is 0 Å². The first-order chi connectivity index (χ1) is 13.8. The van der Waals surface area contributed by atoms with Crippen molar-refractivity contribution in [2.24, 2.45) is 0 Å². The highest BCUT2D eigenvalue weighted by molar-refractivity contribution is 8.03. The van der Waals surface area contributed by atoms with Gasteiger partial charge in [0.05, 0.1) is 29.7 Å². The first kappa shape index (κ1) is 20.0. The van der Waals surface area contributed by atoms with Crippen molar-refractivity contribution in [3.05, 3.63) is 71.5 Å². The Morgan fingerprint density at radius 1 is 1.14 bits per heavy atom. The van der Waals surface area contributed by atoms with Gasteiger partial charge in [-0.1, -0.05) is 12.1 Å². The van der Waals surface area contributed by atoms with Gasteiger partial charge in [0.1, 0.15) is 0 Å². The van der Waals surface area contributed by atoms with Crippen LogP contribution in [0.15, 0.2) is 59.8 Å². The number of nitrogens with zero attached hydrogens (tertiary/aromatic N) is 3. The molecule has 1 aromatic heterocycles. The minimum Gasteiger partial charge on any atom is -0.368 e. The Morgan fingerprint density at radius 2 is 1.86 bits per heavy atom. The molecule has 0 spiro atoms. The molecule has 0 aliphatic rings. The predicted molar refractivity (Wildman–Crippen MR) is 114 cm³/mol. The first-order valence-electron chi connectivity index (χ1n) is 8.64. The molecule has 29 heavy (non-hydrogen) atoms. The van der Waals surface area contributed by atoms with Crippen molar-refractivity contribution in [1.82, 2.24) is 9.97 Å². The number of benzene rings is 2. The van der Waals surface area contributed by atoms with Crippen molar-refractivity contribution in [1.29, 1.82) is 5.26 Å². The number of amides is 1. The Morgan fingerprint density at radius 3 is 2.55 bits per heavy atom. The summed E-state index contributed by atoms with van der Waals surface area (Å²) in [5.41, 5.74) is 7.99. The monoisotopic (exact) mass is 408 g/mol. The maximum absolute atomic E-state index is 13.2. The number of aromatic nitrogens is 2. The number of hydrogen-bond acceptors (Lipinski definition) is 6. The lowest BCUT2D eigenvalue weighted by Gasteiger charge is -2.23. The Labute approximate surface area is 169 Å². The van der Waals surface area contributed by atoms with Crippen LogP contribution in [-0.2, 0) is 10.1 Å². The predicted octanol–water partition coefficient (Wildman–Crippen LogP) is 2.52. The van der Waals surface area contributed by atoms with Gasteiger partial charge in [-0.3, -0.25) is 9.00 Å². The molecule has 0 unspecified atom stereocenters. The fraction of sp³-hybridized carbons (Fsp3) is 0.100. The molecule has 3 aromatic rings. The van der Waals surface area contributed by atoms with Gasteiger partial charge in [0.25, 0.3) is 5.91 Å². The van der Waals surface area contributed by atoms with Gasteiger partial charge in [-0.25, -0.2) is 9.97 Å². The van der Waals surface area contributed by atoms with E-state index in [0.717, 1.165) is 5.56 Å². The van der Waals surface area contributed by atoms with Crippen LogP contribution in [0.1, 0.15) is 21.5 Å². The fourth-order valence-corrected chi connectivity index (χ4v) is 4.21. The summed E-state index contributed by atoms with van der Waals surface area (Å²) in [4.78, 5) is 20.9. The normalized spacial score (nSPS) is 11.3. The molecule has 0 aliphatic heterocycles. The molecule has 3 rings (SSSR count). The smallest absolute Gasteiger partial charge is 0.256 e. The molecule has 0 aliphatic carbocycles. The molecule has 9 heteroatoms. The number of anilines is 3. The highest BCUT2D eigenvalue weighted by Crippen LogP contribution is 2.23. The highest BCUT2D eigenvalue weighted by atomic mass is 32.3. The number of thiol groups is 1. The molecule has 148 valence electrons. The summed E-state index contributed by atoms with van der Waals surface area (Å²) in [6.45, 7) is 1.81. The van der Waals surface area contributed by atoms with Gasteiger partial charge in [0, 0.05) is 22.4 Å². The molecular formula is C20H20N6O2S. The molecular weight excluding hydrogens is 388 g/mol. The van der Waals surface area contributed by atoms with Gasteiger partial charge >= 0.3 is 0 Å². The van der Waals surface area contributed by atoms with Crippen LogP contribution >= 0.6 is 0 Å². The standard InChI is InChI=1S/C20H20N6O2S/c1-13-6-7-15(26-29(2,28)17-5-3-4-14(8-17)10-21)9-18(13)19(27)25-16-11-23-20(22)24-12-16/h3-9,11-12,29H,1-2H3,(H,25,27)(H,26,28)(H2,22,23,24). The zero-order valence-electron chi connectivity index (χ0n) is 15.9. The van der Waals surface area contributed by atoms with E-state index in [0.29, 0.717) is 27.4 Å². The average Bonchev–Trinajstić information content (AvgIpc) is 2.71. The average molecular weight is 408 g/mol. The van der Waals surface area contributed by atoms with Crippen molar-refractivity contribution in [3.63, 3.8) is 0 Å². The van der Waals surface area contributed by atoms with Gasteiger partial charge in [-0.15, -0.1) is 0 Å². The second-order valence-corrected chi connectivity index (χ2v) is 9.10. The number of nitriles is 1. The summed E-state index contributed by atoms with van der Waals surface area (Å²) >= 11 is 0. The Hall–Kier alpha value is -3.77. The number of rotatable bonds is 5. The van der Waals surface area contributed by atoms with Crippen LogP contribution in [0.5, 0.6) is 0 Å². The molecule has 0 saturated carbocycles. The van der Waals surface area contributed by atoms with Crippen LogP contribution in [-0.4, -0.2) is 26.3 Å². The summed E-state index contributed by atoms with van der Waals surface area (Å²) in [5.74, 6) is -0.235. The van der Waals surface area contributed by atoms with Crippen molar-refractivity contribution in [3.8, 4) is 6.07 Å². The van der Waals surface area contributed by atoms with Crippen LogP contribution < -0.4 is 15.8 Å². The lowest BCUT2D eigenvalue weighted by atomic mass is 10.1. The third-order valence-electron chi connectivity index (χ3n) is 4.22. The van der Waals surface area contributed by atoms with E-state index in [1.165, 1.54) is 12.4 Å². The summed E-state index contributed by atoms with van der Waals surface area (Å²) in [7, 11) is -3.01. The van der Waals surface area contributed by atoms with E-state index in [1.807, 2.05) is 6.07 Å². The van der Waals surface area contributed by atoms with E-state index in [9.17, 15) is 9.00 Å². The SMILES string of the molecule is Cc1ccc(N[SH](C)(=O)c2cccc(C#N)c2)cc1C(=O)Nc1cnc(N)nc1. The summed E-state index contributed by atoms with van der Waals surface area (Å²) in [6, 6.07) is 13.8. The molecule has 0 saturated heterocycles. The Bertz CT molecular complexity index is 1150. The number of nitrogen functional groups attached to an aromatic ring is 1. The van der Waals surface area contributed by atoms with E-state index >= 15 is 0 Å². The van der Waals surface area contributed by atoms with E-state index in [-0.39, 0.29) is 11.9 Å². The summed E-state index contributed by atoms with van der Waals surface area (Å²) in [5, 5.41) is 11.8. The van der Waals surface area contributed by atoms with Gasteiger partial charge in [-0.2, -0.15) is 5.26 Å². The lowest BCUT2D eigenvalue weighted by Crippen LogP contribution is -2.21. The topological polar surface area (TPSA) is 134 Å². The van der Waals surface area contributed by atoms with Gasteiger partial charge in [0.15, 0.2) is 0 Å². The number of carbonyl (C=O) groups is 1. The quantitative estimate of drug-likeness (QED) is 0.479. The molecule has 8 nitrogen and oxygen atoms in total. The fourth-order valence-electron chi connectivity index (χ4n) is 2.69. The van der Waals surface area contributed by atoms with Crippen molar-refractivity contribution < 1.29 is 9.00 Å². The lowest BCUT2D eigenvalue weighted by molar-refractivity contribution is 0.102. The minimum atomic E-state index is -3.01. The molecule has 0 bridgehead atoms. The summed E-state index contributed by atoms with van der Waals surface area (Å²) < 4.78 is 16.2. The second-order valence-electron chi connectivity index (χ2n) is 6.51. The third kappa shape index (κ3) is 4.75. The molecule has 1 heterocycles. The maximum atomic E-state index is 13.2. The Balaban J connectivity index is 1.84. The number of nitrogens with one attached hydrogen (secondary N) is 2. The number of hydrogen-bond donors (Lipinski definition) is 4. The van der Waals surface area contributed by atoms with Crippen molar-refractivity contribution in [2.45, 2.75) is 11.8 Å². The Kier molecular flexibility index (Phi) is 5.57. The minimum absolute atomic E-state index is 0.115. The van der Waals surface area contributed by atoms with Crippen LogP contribution in [0.4, 0.5) is 17.3 Å². The van der Waals surface area contributed by atoms with Crippen LogP contribution in [0.3, 0.4) is 0 Å². The van der Waals surface area contributed by atoms with Gasteiger partial charge in [0.2, 0.25) is 5.95 Å². The van der Waals surface area contributed by atoms with Gasteiger partial charge < -0.3 is 15.8 Å². The van der Waals surface area contributed by atoms with E-state index in [2.05, 4.69) is 20.0 Å². The van der Waals surface area contributed by atoms with E-state index in [4.69, 9.17) is 11.0 Å². The van der Waals surface area contributed by atoms with E-state index < -0.39 is 10.1 Å². The second kappa shape index (κ2) is 8.08. The van der Waals surface area contributed by atoms with Crippen molar-refractivity contribution >= 4 is 33.3 Å². The zero-order valence-corrected chi connectivity index (χ0v) is 16.8. The maximum Gasteiger partial charge on any atom is 0.256 e. The molecule has 0 radical (unpaired) electrons. The van der Waals surface area contributed by atoms with Crippen LogP contribution in [0, 0.1) is 18.3 Å². The summed E-state index contributed by atoms with van der Waals surface area (Å²) in [6.07, 6.45) is 4.41. The van der Waals surface area contributed by atoms with E-state index in [1.54, 1.807) is 55.6 Å². The number of aryl methyl sites for hydroxylation is 1. The molecule has 1 amide bonds. The molecule has 4 N–H and O–H groups in total. The van der Waals surface area contributed by atoms with Gasteiger partial charge in [-0.05, 0) is 52.9 Å². The molecule has 0 fully saturated rings. The van der Waals surface area contributed by atoms with Crippen LogP contribution in [0.2, 0.25) is 0 Å². The largest absolute Gasteiger partial charge is 0.368 e. The zero-order chi connectivity index (χ0) is 21.0. The number of carbonyl (C=O) groups excluding carboxylic acids is 1. The molecule has 2 aromatic carbocycles.